The molecule has 0 aromatic carbocycles. The Bertz CT molecular complexity index is 250. The SMILES string of the molecule is CCC(=O)C(C)C1NC(=O)C1C(C)O. The van der Waals surface area contributed by atoms with Crippen LogP contribution in [-0.4, -0.2) is 28.9 Å². The van der Waals surface area contributed by atoms with E-state index in [0.29, 0.717) is 6.42 Å². The van der Waals surface area contributed by atoms with Gasteiger partial charge in [0.05, 0.1) is 18.1 Å². The Hall–Kier alpha value is -0.900. The van der Waals surface area contributed by atoms with Gasteiger partial charge in [0.15, 0.2) is 0 Å². The Labute approximate surface area is 83.7 Å². The van der Waals surface area contributed by atoms with Gasteiger partial charge in [-0.15, -0.1) is 0 Å². The molecule has 4 heteroatoms. The molecule has 1 aliphatic rings. The second kappa shape index (κ2) is 4.09. The van der Waals surface area contributed by atoms with Crippen LogP contribution >= 0.6 is 0 Å². The van der Waals surface area contributed by atoms with Gasteiger partial charge in [-0.2, -0.15) is 0 Å². The van der Waals surface area contributed by atoms with Gasteiger partial charge in [-0.25, -0.2) is 0 Å². The maximum absolute atomic E-state index is 11.4. The molecule has 2 N–H and O–H groups in total. The van der Waals surface area contributed by atoms with Crippen LogP contribution in [0.3, 0.4) is 0 Å². The number of hydrogen-bond donors (Lipinski definition) is 2. The lowest BCUT2D eigenvalue weighted by atomic mass is 9.77. The quantitative estimate of drug-likeness (QED) is 0.631. The Morgan fingerprint density at radius 1 is 1.57 bits per heavy atom. The Kier molecular flexibility index (Phi) is 3.26. The van der Waals surface area contributed by atoms with Crippen molar-refractivity contribution in [1.29, 1.82) is 0 Å². The molecule has 80 valence electrons. The molecule has 4 atom stereocenters. The summed E-state index contributed by atoms with van der Waals surface area (Å²) in [5.74, 6) is -0.640. The van der Waals surface area contributed by atoms with E-state index in [0.717, 1.165) is 0 Å². The average Bonchev–Trinajstić information content (AvgIpc) is 2.10. The minimum Gasteiger partial charge on any atom is -0.393 e. The van der Waals surface area contributed by atoms with Crippen molar-refractivity contribution in [1.82, 2.24) is 5.32 Å². The smallest absolute Gasteiger partial charge is 0.228 e. The zero-order chi connectivity index (χ0) is 10.9. The van der Waals surface area contributed by atoms with Gasteiger partial charge in [0.25, 0.3) is 0 Å². The fraction of sp³-hybridized carbons (Fsp3) is 0.800. The maximum Gasteiger partial charge on any atom is 0.228 e. The van der Waals surface area contributed by atoms with Crippen LogP contribution in [-0.2, 0) is 9.59 Å². The van der Waals surface area contributed by atoms with Crippen molar-refractivity contribution in [3.05, 3.63) is 0 Å². The van der Waals surface area contributed by atoms with Crippen molar-refractivity contribution in [3.63, 3.8) is 0 Å². The van der Waals surface area contributed by atoms with Gasteiger partial charge in [-0.1, -0.05) is 13.8 Å². The van der Waals surface area contributed by atoms with Crippen molar-refractivity contribution in [3.8, 4) is 0 Å². The van der Waals surface area contributed by atoms with Crippen LogP contribution in [0.2, 0.25) is 0 Å². The fourth-order valence-electron chi connectivity index (χ4n) is 1.89. The first-order valence-electron chi connectivity index (χ1n) is 5.00. The van der Waals surface area contributed by atoms with E-state index in [1.165, 1.54) is 0 Å². The van der Waals surface area contributed by atoms with Gasteiger partial charge in [0, 0.05) is 12.3 Å². The third kappa shape index (κ3) is 1.80. The summed E-state index contributed by atoms with van der Waals surface area (Å²) in [6.07, 6.45) is -0.207. The second-order valence-corrected chi connectivity index (χ2v) is 3.91. The number of ketones is 1. The molecular weight excluding hydrogens is 182 g/mol. The highest BCUT2D eigenvalue weighted by molar-refractivity contribution is 5.90. The number of carbonyl (C=O) groups excluding carboxylic acids is 2. The number of aliphatic hydroxyl groups excluding tert-OH is 1. The van der Waals surface area contributed by atoms with Crippen molar-refractivity contribution in [2.24, 2.45) is 11.8 Å². The number of β-lactam (4-membered cyclic amide) rings is 1. The second-order valence-electron chi connectivity index (χ2n) is 3.91. The van der Waals surface area contributed by atoms with E-state index in [1.807, 2.05) is 0 Å². The van der Waals surface area contributed by atoms with Gasteiger partial charge in [-0.05, 0) is 6.92 Å². The number of aliphatic hydroxyl groups is 1. The summed E-state index contributed by atoms with van der Waals surface area (Å²) in [5, 5.41) is 12.0. The summed E-state index contributed by atoms with van der Waals surface area (Å²) in [6, 6.07) is -0.185. The lowest BCUT2D eigenvalue weighted by Crippen LogP contribution is -2.65. The standard InChI is InChI=1S/C10H17NO3/c1-4-7(13)5(2)9-8(6(3)12)10(14)11-9/h5-6,8-9,12H,4H2,1-3H3,(H,11,14). The zero-order valence-electron chi connectivity index (χ0n) is 8.78. The highest BCUT2D eigenvalue weighted by Crippen LogP contribution is 2.26. The first-order valence-corrected chi connectivity index (χ1v) is 5.00. The molecule has 0 radical (unpaired) electrons. The molecule has 0 aliphatic carbocycles. The highest BCUT2D eigenvalue weighted by atomic mass is 16.3. The van der Waals surface area contributed by atoms with Crippen LogP contribution in [0.1, 0.15) is 27.2 Å². The Morgan fingerprint density at radius 3 is 2.50 bits per heavy atom. The van der Waals surface area contributed by atoms with Gasteiger partial charge >= 0.3 is 0 Å². The predicted octanol–water partition coefficient (Wildman–Crippen LogP) is 0.0970. The highest BCUT2D eigenvalue weighted by Gasteiger charge is 2.46. The van der Waals surface area contributed by atoms with E-state index >= 15 is 0 Å². The van der Waals surface area contributed by atoms with Crippen LogP contribution < -0.4 is 5.32 Å². The van der Waals surface area contributed by atoms with Crippen LogP contribution in [0.4, 0.5) is 0 Å². The third-order valence-electron chi connectivity index (χ3n) is 2.91. The maximum atomic E-state index is 11.4. The molecule has 1 fully saturated rings. The molecule has 1 heterocycles. The molecule has 4 nitrogen and oxygen atoms in total. The van der Waals surface area contributed by atoms with Gasteiger partial charge in [0.2, 0.25) is 5.91 Å². The molecule has 14 heavy (non-hydrogen) atoms. The van der Waals surface area contributed by atoms with E-state index in [9.17, 15) is 14.7 Å². The first kappa shape index (κ1) is 11.2. The number of hydrogen-bond acceptors (Lipinski definition) is 3. The molecule has 0 aromatic heterocycles. The zero-order valence-corrected chi connectivity index (χ0v) is 8.78. The van der Waals surface area contributed by atoms with Crippen molar-refractivity contribution >= 4 is 11.7 Å². The Morgan fingerprint density at radius 2 is 2.14 bits per heavy atom. The van der Waals surface area contributed by atoms with Gasteiger partial charge in [-0.3, -0.25) is 9.59 Å². The summed E-state index contributed by atoms with van der Waals surface area (Å²) >= 11 is 0. The largest absolute Gasteiger partial charge is 0.393 e. The van der Waals surface area contributed by atoms with Gasteiger partial charge < -0.3 is 10.4 Å². The molecule has 1 rings (SSSR count). The molecule has 4 unspecified atom stereocenters. The minimum absolute atomic E-state index is 0.126. The summed E-state index contributed by atoms with van der Waals surface area (Å²) in [7, 11) is 0. The summed E-state index contributed by atoms with van der Waals surface area (Å²) < 4.78 is 0. The molecule has 1 saturated heterocycles. The minimum atomic E-state index is -0.680. The Balaban J connectivity index is 2.62. The fourth-order valence-corrected chi connectivity index (χ4v) is 1.89. The first-order chi connectivity index (χ1) is 6.49. The van der Waals surface area contributed by atoms with E-state index in [-0.39, 0.29) is 23.7 Å². The molecule has 0 bridgehead atoms. The van der Waals surface area contributed by atoms with Crippen LogP contribution in [0.25, 0.3) is 0 Å². The normalized spacial score (nSPS) is 30.1. The van der Waals surface area contributed by atoms with Crippen molar-refractivity contribution < 1.29 is 14.7 Å². The molecule has 0 aromatic rings. The monoisotopic (exact) mass is 199 g/mol. The number of carbonyl (C=O) groups is 2. The number of Topliss-reactive ketones (excluding diaryl/α,β-unsaturated/α-hetero) is 1. The van der Waals surface area contributed by atoms with E-state index in [1.54, 1.807) is 20.8 Å². The van der Waals surface area contributed by atoms with E-state index < -0.39 is 12.0 Å². The van der Waals surface area contributed by atoms with Crippen molar-refractivity contribution in [2.75, 3.05) is 0 Å². The van der Waals surface area contributed by atoms with Crippen LogP contribution in [0.5, 0.6) is 0 Å². The summed E-state index contributed by atoms with van der Waals surface area (Å²) in [5.41, 5.74) is 0. The van der Waals surface area contributed by atoms with Crippen LogP contribution in [0, 0.1) is 11.8 Å². The molecular formula is C10H17NO3. The predicted molar refractivity (Wildman–Crippen MR) is 51.6 cm³/mol. The molecule has 0 saturated carbocycles. The van der Waals surface area contributed by atoms with E-state index in [4.69, 9.17) is 0 Å². The molecule has 0 spiro atoms. The number of amides is 1. The van der Waals surface area contributed by atoms with Crippen LogP contribution in [0.15, 0.2) is 0 Å². The van der Waals surface area contributed by atoms with E-state index in [2.05, 4.69) is 5.32 Å². The average molecular weight is 199 g/mol. The van der Waals surface area contributed by atoms with Crippen molar-refractivity contribution in [2.45, 2.75) is 39.3 Å². The summed E-state index contributed by atoms with van der Waals surface area (Å²) in [4.78, 5) is 22.5. The number of rotatable bonds is 4. The molecule has 1 amide bonds. The lowest BCUT2D eigenvalue weighted by molar-refractivity contribution is -0.144. The number of nitrogens with one attached hydrogen (secondary N) is 1. The van der Waals surface area contributed by atoms with Gasteiger partial charge in [0.1, 0.15) is 5.78 Å². The molecule has 1 aliphatic heterocycles. The summed E-state index contributed by atoms with van der Waals surface area (Å²) in [6.45, 7) is 5.18. The third-order valence-corrected chi connectivity index (χ3v) is 2.91. The lowest BCUT2D eigenvalue weighted by Gasteiger charge is -2.41. The topological polar surface area (TPSA) is 66.4 Å².